The fourth-order valence-electron chi connectivity index (χ4n) is 2.56. The Balaban J connectivity index is 5.66. The summed E-state index contributed by atoms with van der Waals surface area (Å²) in [6, 6.07) is 2.55. The molecule has 0 spiro atoms. The second-order valence-electron chi connectivity index (χ2n) is 6.16. The van der Waals surface area contributed by atoms with Crippen molar-refractivity contribution in [1.82, 2.24) is 8.61 Å². The van der Waals surface area contributed by atoms with Gasteiger partial charge < -0.3 is 0 Å². The fourth-order valence-corrected chi connectivity index (χ4v) is 14.4. The van der Waals surface area contributed by atoms with Crippen LogP contribution >= 0.6 is 47.2 Å². The predicted octanol–water partition coefficient (Wildman–Crippen LogP) is 7.12. The van der Waals surface area contributed by atoms with Gasteiger partial charge in [0.2, 0.25) is 0 Å². The van der Waals surface area contributed by atoms with E-state index in [9.17, 15) is 0 Å². The molecule has 0 aromatic heterocycles. The molecule has 0 N–H and O–H groups in total. The minimum absolute atomic E-state index is 0.638. The van der Waals surface area contributed by atoms with E-state index in [0.29, 0.717) is 24.2 Å². The first-order valence-electron chi connectivity index (χ1n) is 8.48. The molecule has 0 aromatic carbocycles. The van der Waals surface area contributed by atoms with E-state index in [0.717, 1.165) is 0 Å². The second-order valence-corrected chi connectivity index (χ2v) is 20.3. The van der Waals surface area contributed by atoms with Crippen LogP contribution in [0.2, 0.25) is 0 Å². The zero-order valence-corrected chi connectivity index (χ0v) is 20.3. The van der Waals surface area contributed by atoms with Crippen molar-refractivity contribution in [3.8, 4) is 0 Å². The van der Waals surface area contributed by atoms with Crippen LogP contribution in [0.15, 0.2) is 0 Å². The molecule has 21 heavy (non-hydrogen) atoms. The molecule has 0 radical (unpaired) electrons. The topological polar surface area (TPSA) is 6.48 Å². The normalized spacial score (nSPS) is 19.6. The molecule has 130 valence electrons. The van der Waals surface area contributed by atoms with Crippen LogP contribution in [0.1, 0.15) is 81.1 Å². The highest BCUT2D eigenvalue weighted by molar-refractivity contribution is 14.3. The fraction of sp³-hybridized carbons (Fsp3) is 1.00. The zero-order valence-electron chi connectivity index (χ0n) is 15.2. The molecule has 0 aliphatic carbocycles. The van der Waals surface area contributed by atoms with Crippen LogP contribution in [0, 0.1) is 0 Å². The molecule has 0 aromatic rings. The van der Waals surface area contributed by atoms with Gasteiger partial charge in [-0.2, -0.15) is 0 Å². The number of nitrogens with zero attached hydrogens (tertiary/aromatic N) is 2. The first-order chi connectivity index (χ1) is 9.68. The van der Waals surface area contributed by atoms with Crippen molar-refractivity contribution in [2.24, 2.45) is 0 Å². The lowest BCUT2D eigenvalue weighted by molar-refractivity contribution is 0.236. The molecule has 5 heteroatoms. The highest BCUT2D eigenvalue weighted by Gasteiger charge is 2.41. The van der Waals surface area contributed by atoms with E-state index in [2.05, 4.69) is 106 Å². The molecule has 0 saturated heterocycles. The second kappa shape index (κ2) is 10.6. The van der Waals surface area contributed by atoms with Crippen LogP contribution in [0.4, 0.5) is 0 Å². The molecular formula is C16H36I2N2S. The van der Waals surface area contributed by atoms with Crippen LogP contribution < -0.4 is 0 Å². The Bertz CT molecular complexity index is 243. The van der Waals surface area contributed by atoms with Crippen molar-refractivity contribution in [2.45, 2.75) is 105 Å². The third kappa shape index (κ3) is 5.94. The Hall–Kier alpha value is 1.73. The van der Waals surface area contributed by atoms with E-state index in [4.69, 9.17) is 0 Å². The quantitative estimate of drug-likeness (QED) is 0.272. The summed E-state index contributed by atoms with van der Waals surface area (Å²) in [5.74, 6) is 0. The van der Waals surface area contributed by atoms with Gasteiger partial charge in [0.25, 0.3) is 0 Å². The van der Waals surface area contributed by atoms with Crippen molar-refractivity contribution in [3.63, 3.8) is 0 Å². The van der Waals surface area contributed by atoms with E-state index < -0.39 is 4.74 Å². The SMILES string of the molecule is CCC(C)N(C(C)CC)S(I)(I)N(C(C)CC)C(C)CC. The third-order valence-corrected chi connectivity index (χ3v) is 12.5. The average Bonchev–Trinajstić information content (AvgIpc) is 2.45. The van der Waals surface area contributed by atoms with Crippen LogP contribution in [0.3, 0.4) is 0 Å². The molecule has 0 heterocycles. The van der Waals surface area contributed by atoms with Gasteiger partial charge in [-0.25, -0.2) is 8.61 Å². The molecular weight excluding hydrogens is 506 g/mol. The third-order valence-electron chi connectivity index (χ3n) is 4.61. The molecule has 2 nitrogen and oxygen atoms in total. The Kier molecular flexibility index (Phi) is 11.4. The largest absolute Gasteiger partial charge is 0.235 e. The monoisotopic (exact) mass is 542 g/mol. The molecule has 4 atom stereocenters. The van der Waals surface area contributed by atoms with Crippen LogP contribution in [-0.2, 0) is 0 Å². The smallest absolute Gasteiger partial charge is 0.0184 e. The zero-order chi connectivity index (χ0) is 16.8. The van der Waals surface area contributed by atoms with Crippen molar-refractivity contribution in [2.75, 3.05) is 0 Å². The summed E-state index contributed by atoms with van der Waals surface area (Å²) >= 11 is 5.55. The van der Waals surface area contributed by atoms with Gasteiger partial charge in [-0.05, 0) is 58.1 Å². The summed E-state index contributed by atoms with van der Waals surface area (Å²) in [7, 11) is 0. The number of hydrogen-bond acceptors (Lipinski definition) is 2. The maximum absolute atomic E-state index is 2.81. The minimum atomic E-state index is -1.00. The van der Waals surface area contributed by atoms with Gasteiger partial charge in [0.1, 0.15) is 0 Å². The van der Waals surface area contributed by atoms with Crippen molar-refractivity contribution in [3.05, 3.63) is 0 Å². The van der Waals surface area contributed by atoms with E-state index >= 15 is 0 Å². The molecule has 0 fully saturated rings. The van der Waals surface area contributed by atoms with Gasteiger partial charge >= 0.3 is 0 Å². The highest BCUT2D eigenvalue weighted by Crippen LogP contribution is 2.72. The van der Waals surface area contributed by atoms with Crippen molar-refractivity contribution >= 4 is 47.2 Å². The van der Waals surface area contributed by atoms with Gasteiger partial charge in [0, 0.05) is 66.6 Å². The van der Waals surface area contributed by atoms with Crippen molar-refractivity contribution in [1.29, 1.82) is 0 Å². The van der Waals surface area contributed by atoms with E-state index in [1.807, 2.05) is 0 Å². The summed E-state index contributed by atoms with van der Waals surface area (Å²) in [5.41, 5.74) is 0. The van der Waals surface area contributed by atoms with E-state index in [-0.39, 0.29) is 0 Å². The number of rotatable bonds is 10. The molecule has 0 aliphatic heterocycles. The summed E-state index contributed by atoms with van der Waals surface area (Å²) in [4.78, 5) is 0. The Morgan fingerprint density at radius 3 is 0.952 bits per heavy atom. The molecule has 0 amide bonds. The van der Waals surface area contributed by atoms with Gasteiger partial charge in [-0.1, -0.05) is 27.7 Å². The van der Waals surface area contributed by atoms with Crippen LogP contribution in [-0.4, -0.2) is 32.8 Å². The van der Waals surface area contributed by atoms with Crippen molar-refractivity contribution < 1.29 is 0 Å². The lowest BCUT2D eigenvalue weighted by atomic mass is 10.2. The number of hydrogen-bond donors (Lipinski definition) is 0. The Morgan fingerprint density at radius 1 is 0.619 bits per heavy atom. The first kappa shape index (κ1) is 22.7. The van der Waals surface area contributed by atoms with Crippen LogP contribution in [0.25, 0.3) is 0 Å². The minimum Gasteiger partial charge on any atom is -0.235 e. The molecule has 4 unspecified atom stereocenters. The van der Waals surface area contributed by atoms with Gasteiger partial charge in [-0.15, -0.1) is 0 Å². The van der Waals surface area contributed by atoms with Gasteiger partial charge in [0.05, 0.1) is 0 Å². The highest BCUT2D eigenvalue weighted by atomic mass is 127. The van der Waals surface area contributed by atoms with Crippen LogP contribution in [0.5, 0.6) is 0 Å². The van der Waals surface area contributed by atoms with E-state index in [1.165, 1.54) is 25.7 Å². The number of halogens is 2. The maximum Gasteiger partial charge on any atom is 0.0184 e. The summed E-state index contributed by atoms with van der Waals surface area (Å²) < 4.78 is 4.62. The molecule has 0 aliphatic rings. The molecule has 0 saturated carbocycles. The van der Waals surface area contributed by atoms with Gasteiger partial charge in [-0.3, -0.25) is 0 Å². The average molecular weight is 542 g/mol. The van der Waals surface area contributed by atoms with Gasteiger partial charge in [0.15, 0.2) is 0 Å². The summed E-state index contributed by atoms with van der Waals surface area (Å²) in [6.07, 6.45) is 4.89. The predicted molar refractivity (Wildman–Crippen MR) is 118 cm³/mol. The standard InChI is InChI=1S/C16H36I2N2S/c1-9-13(5)19(14(6)10-2)21(17,18)20(15(7)11-3)16(8)12-4/h13-16H,9-12H2,1-8H3. The molecule has 0 rings (SSSR count). The first-order valence-corrected chi connectivity index (χ1v) is 15.1. The summed E-state index contributed by atoms with van der Waals surface area (Å²) in [6.45, 7) is 18.9. The van der Waals surface area contributed by atoms with E-state index in [1.54, 1.807) is 0 Å². The lowest BCUT2D eigenvalue weighted by Gasteiger charge is -2.55. The maximum atomic E-state index is 2.81. The summed E-state index contributed by atoms with van der Waals surface area (Å²) in [5, 5.41) is 0. The Morgan fingerprint density at radius 2 is 0.810 bits per heavy atom. The molecule has 0 bridgehead atoms. The lowest BCUT2D eigenvalue weighted by Crippen LogP contribution is -2.48. The Labute approximate surface area is 159 Å².